The average Bonchev–Trinajstić information content (AvgIpc) is 2.38. The van der Waals surface area contributed by atoms with Crippen LogP contribution in [-0.4, -0.2) is 17.7 Å². The number of nitrogens with one attached hydrogen (secondary N) is 1. The summed E-state index contributed by atoms with van der Waals surface area (Å²) in [6.07, 6.45) is 6.33. The molecule has 1 fully saturated rings. The molecule has 1 N–H and O–H groups in total. The maximum Gasteiger partial charge on any atom is 0.217 e. The number of carbonyl (C=O) groups excluding carboxylic acids is 2. The second kappa shape index (κ2) is 9.20. The summed E-state index contributed by atoms with van der Waals surface area (Å²) in [6, 6.07) is -0.229. The van der Waals surface area contributed by atoms with Gasteiger partial charge in [0.1, 0.15) is 0 Å². The molecular weight excluding hydrogens is 214 g/mol. The van der Waals surface area contributed by atoms with E-state index in [9.17, 15) is 9.59 Å². The summed E-state index contributed by atoms with van der Waals surface area (Å²) in [6.45, 7) is 7.35. The van der Waals surface area contributed by atoms with Crippen molar-refractivity contribution in [2.45, 2.75) is 72.3 Å². The van der Waals surface area contributed by atoms with E-state index in [0.29, 0.717) is 12.3 Å². The van der Waals surface area contributed by atoms with Gasteiger partial charge in [-0.05, 0) is 18.8 Å². The van der Waals surface area contributed by atoms with Gasteiger partial charge in [-0.2, -0.15) is 0 Å². The number of ketones is 1. The van der Waals surface area contributed by atoms with E-state index >= 15 is 0 Å². The lowest BCUT2D eigenvalue weighted by Gasteiger charge is -2.29. The Bertz CT molecular complexity index is 238. The fourth-order valence-electron chi connectivity index (χ4n) is 2.37. The van der Waals surface area contributed by atoms with E-state index in [1.54, 1.807) is 0 Å². The summed E-state index contributed by atoms with van der Waals surface area (Å²) < 4.78 is 0. The zero-order valence-corrected chi connectivity index (χ0v) is 11.7. The topological polar surface area (TPSA) is 46.2 Å². The van der Waals surface area contributed by atoms with Gasteiger partial charge >= 0.3 is 0 Å². The van der Waals surface area contributed by atoms with Crippen molar-refractivity contribution in [3.63, 3.8) is 0 Å². The summed E-state index contributed by atoms with van der Waals surface area (Å²) in [5, 5.41) is 2.81. The molecule has 0 aromatic heterocycles. The van der Waals surface area contributed by atoms with Crippen LogP contribution >= 0.6 is 0 Å². The first-order valence-electron chi connectivity index (χ1n) is 6.95. The van der Waals surface area contributed by atoms with E-state index < -0.39 is 0 Å². The van der Waals surface area contributed by atoms with E-state index in [2.05, 4.69) is 5.32 Å². The van der Waals surface area contributed by atoms with Gasteiger partial charge in [0.05, 0.1) is 6.04 Å². The Labute approximate surface area is 107 Å². The van der Waals surface area contributed by atoms with Crippen LogP contribution in [0.1, 0.15) is 67.6 Å². The minimum Gasteiger partial charge on any atom is -0.346 e. The summed E-state index contributed by atoms with van der Waals surface area (Å²) in [5.74, 6) is 0.458. The molecule has 0 aromatic rings. The summed E-state index contributed by atoms with van der Waals surface area (Å²) in [4.78, 5) is 22.8. The predicted molar refractivity (Wildman–Crippen MR) is 72.9 cm³/mol. The van der Waals surface area contributed by atoms with Crippen molar-refractivity contribution in [2.75, 3.05) is 0 Å². The molecule has 0 spiro atoms. The molecule has 0 aliphatic heterocycles. The average molecular weight is 243 g/mol. The van der Waals surface area contributed by atoms with E-state index in [0.717, 1.165) is 12.8 Å². The first-order valence-corrected chi connectivity index (χ1v) is 6.95. The minimum atomic E-state index is -0.229. The maximum atomic E-state index is 11.7. The zero-order valence-electron chi connectivity index (χ0n) is 11.7. The fourth-order valence-corrected chi connectivity index (χ4v) is 2.37. The van der Waals surface area contributed by atoms with Gasteiger partial charge < -0.3 is 5.32 Å². The highest BCUT2D eigenvalue weighted by atomic mass is 16.2. The summed E-state index contributed by atoms with van der Waals surface area (Å²) in [7, 11) is 0. The lowest BCUT2D eigenvalue weighted by Crippen LogP contribution is -2.45. The Morgan fingerprint density at radius 3 is 2.18 bits per heavy atom. The highest BCUT2D eigenvalue weighted by Crippen LogP contribution is 2.27. The zero-order chi connectivity index (χ0) is 13.3. The number of Topliss-reactive ketones (excluding diaryl/α,β-unsaturated/α-hetero) is 1. The third kappa shape index (κ3) is 5.85. The van der Waals surface area contributed by atoms with Gasteiger partial charge in [-0.3, -0.25) is 9.59 Å². The quantitative estimate of drug-likeness (QED) is 0.823. The van der Waals surface area contributed by atoms with Crippen LogP contribution in [-0.2, 0) is 9.59 Å². The van der Waals surface area contributed by atoms with Gasteiger partial charge in [0.25, 0.3) is 0 Å². The molecule has 1 rings (SSSR count). The first kappa shape index (κ1) is 16.1. The molecule has 0 bridgehead atoms. The molecule has 0 radical (unpaired) electrons. The van der Waals surface area contributed by atoms with Gasteiger partial charge in [0.2, 0.25) is 5.91 Å². The van der Waals surface area contributed by atoms with Crippen LogP contribution in [0.5, 0.6) is 0 Å². The van der Waals surface area contributed by atoms with Crippen molar-refractivity contribution in [3.8, 4) is 0 Å². The molecule has 0 unspecified atom stereocenters. The SMILES string of the molecule is CC.CCC(=O)[C@H](NC(C)=O)C1CCCCC1.[HH]. The van der Waals surface area contributed by atoms with Crippen molar-refractivity contribution < 1.29 is 11.0 Å². The number of hydrogen-bond donors (Lipinski definition) is 1. The van der Waals surface area contributed by atoms with E-state index in [1.165, 1.54) is 26.2 Å². The van der Waals surface area contributed by atoms with Crippen LogP contribution in [0.15, 0.2) is 0 Å². The van der Waals surface area contributed by atoms with Crippen LogP contribution in [0.4, 0.5) is 0 Å². The molecule has 1 aliphatic rings. The number of carbonyl (C=O) groups is 2. The van der Waals surface area contributed by atoms with Crippen LogP contribution in [0, 0.1) is 5.92 Å². The molecular formula is C14H29NO2. The van der Waals surface area contributed by atoms with Crippen molar-refractivity contribution in [2.24, 2.45) is 5.92 Å². The van der Waals surface area contributed by atoms with E-state index in [1.807, 2.05) is 20.8 Å². The predicted octanol–water partition coefficient (Wildman–Crippen LogP) is 3.32. The molecule has 17 heavy (non-hydrogen) atoms. The monoisotopic (exact) mass is 243 g/mol. The highest BCUT2D eigenvalue weighted by Gasteiger charge is 2.28. The van der Waals surface area contributed by atoms with Gasteiger partial charge in [-0.15, -0.1) is 0 Å². The van der Waals surface area contributed by atoms with Gasteiger partial charge in [-0.25, -0.2) is 0 Å². The Balaban J connectivity index is 0. The Morgan fingerprint density at radius 2 is 1.76 bits per heavy atom. The molecule has 3 nitrogen and oxygen atoms in total. The Morgan fingerprint density at radius 1 is 1.24 bits per heavy atom. The molecule has 102 valence electrons. The summed E-state index contributed by atoms with van der Waals surface area (Å²) in [5.41, 5.74) is 0. The van der Waals surface area contributed by atoms with Crippen LogP contribution in [0.2, 0.25) is 0 Å². The van der Waals surface area contributed by atoms with Crippen LogP contribution in [0.25, 0.3) is 0 Å². The van der Waals surface area contributed by atoms with Gasteiger partial charge in [0, 0.05) is 14.8 Å². The Kier molecular flexibility index (Phi) is 8.73. The molecule has 0 heterocycles. The maximum absolute atomic E-state index is 11.7. The first-order chi connectivity index (χ1) is 8.15. The van der Waals surface area contributed by atoms with Gasteiger partial charge in [-0.1, -0.05) is 40.0 Å². The largest absolute Gasteiger partial charge is 0.346 e. The second-order valence-corrected chi connectivity index (χ2v) is 4.40. The number of amides is 1. The smallest absolute Gasteiger partial charge is 0.217 e. The second-order valence-electron chi connectivity index (χ2n) is 4.40. The molecule has 0 saturated heterocycles. The van der Waals surface area contributed by atoms with Crippen molar-refractivity contribution in [1.82, 2.24) is 5.32 Å². The molecule has 1 amide bonds. The molecule has 1 atom stereocenters. The standard InChI is InChI=1S/C12H21NO2.C2H6.H2/c1-3-11(15)12(13-9(2)14)10-7-5-4-6-8-10;1-2;/h10,12H,3-8H2,1-2H3,(H,13,14);1-2H3;1H/t12-;;/m1../s1. The third-order valence-corrected chi connectivity index (χ3v) is 3.18. The van der Waals surface area contributed by atoms with Crippen LogP contribution < -0.4 is 5.32 Å². The Hall–Kier alpha value is -0.860. The van der Waals surface area contributed by atoms with Crippen molar-refractivity contribution in [3.05, 3.63) is 0 Å². The van der Waals surface area contributed by atoms with E-state index in [4.69, 9.17) is 0 Å². The van der Waals surface area contributed by atoms with Gasteiger partial charge in [0.15, 0.2) is 5.78 Å². The third-order valence-electron chi connectivity index (χ3n) is 3.18. The van der Waals surface area contributed by atoms with E-state index in [-0.39, 0.29) is 19.2 Å². The molecule has 1 saturated carbocycles. The molecule has 1 aliphatic carbocycles. The normalized spacial score (nSPS) is 17.6. The highest BCUT2D eigenvalue weighted by molar-refractivity contribution is 5.88. The van der Waals surface area contributed by atoms with Crippen molar-refractivity contribution in [1.29, 1.82) is 0 Å². The minimum absolute atomic E-state index is 0. The number of rotatable bonds is 4. The molecule has 3 heteroatoms. The lowest BCUT2D eigenvalue weighted by molar-refractivity contribution is -0.128. The fraction of sp³-hybridized carbons (Fsp3) is 0.857. The molecule has 0 aromatic carbocycles. The van der Waals surface area contributed by atoms with Crippen molar-refractivity contribution >= 4 is 11.7 Å². The number of hydrogen-bond acceptors (Lipinski definition) is 2. The lowest BCUT2D eigenvalue weighted by atomic mass is 9.82. The summed E-state index contributed by atoms with van der Waals surface area (Å²) >= 11 is 0. The van der Waals surface area contributed by atoms with Crippen LogP contribution in [0.3, 0.4) is 0 Å².